The van der Waals surface area contributed by atoms with E-state index >= 15 is 0 Å². The highest BCUT2D eigenvalue weighted by Crippen LogP contribution is 2.29. The molecule has 0 radical (unpaired) electrons. The summed E-state index contributed by atoms with van der Waals surface area (Å²) in [5.41, 5.74) is 0.407. The normalized spacial score (nSPS) is 13.5. The Bertz CT molecular complexity index is 382. The standard InChI is InChI=1S/C12H17NO3/c1-9(16-12(2,3)4)10-7-5-6-8-11(10)13(14)15/h5-9H,1-4H3. The molecule has 4 nitrogen and oxygen atoms in total. The summed E-state index contributed by atoms with van der Waals surface area (Å²) in [5.74, 6) is 0. The van der Waals surface area contributed by atoms with Gasteiger partial charge in [-0.05, 0) is 33.8 Å². The maximum Gasteiger partial charge on any atom is 0.275 e. The van der Waals surface area contributed by atoms with Gasteiger partial charge in [0, 0.05) is 6.07 Å². The summed E-state index contributed by atoms with van der Waals surface area (Å²) >= 11 is 0. The van der Waals surface area contributed by atoms with E-state index in [1.165, 1.54) is 6.07 Å². The lowest BCUT2D eigenvalue weighted by Crippen LogP contribution is -2.21. The maximum atomic E-state index is 10.8. The number of rotatable bonds is 3. The maximum absolute atomic E-state index is 10.8. The lowest BCUT2D eigenvalue weighted by atomic mass is 10.1. The average Bonchev–Trinajstić information content (AvgIpc) is 2.15. The van der Waals surface area contributed by atoms with Crippen LogP contribution in [0.2, 0.25) is 0 Å². The fourth-order valence-electron chi connectivity index (χ4n) is 1.59. The summed E-state index contributed by atoms with van der Waals surface area (Å²) in [5, 5.41) is 10.8. The molecule has 0 N–H and O–H groups in total. The first-order valence-corrected chi connectivity index (χ1v) is 5.22. The van der Waals surface area contributed by atoms with Gasteiger partial charge in [0.15, 0.2) is 0 Å². The number of benzene rings is 1. The van der Waals surface area contributed by atoms with Crippen molar-refractivity contribution in [1.29, 1.82) is 0 Å². The molecule has 1 unspecified atom stereocenters. The van der Waals surface area contributed by atoms with Crippen molar-refractivity contribution in [2.24, 2.45) is 0 Å². The summed E-state index contributed by atoms with van der Waals surface area (Å²) in [4.78, 5) is 10.5. The van der Waals surface area contributed by atoms with Gasteiger partial charge < -0.3 is 4.74 Å². The summed E-state index contributed by atoms with van der Waals surface area (Å²) in [7, 11) is 0. The molecule has 0 aliphatic carbocycles. The highest BCUT2D eigenvalue weighted by molar-refractivity contribution is 5.41. The summed E-state index contributed by atoms with van der Waals surface area (Å²) in [6, 6.07) is 6.67. The second-order valence-electron chi connectivity index (χ2n) is 4.69. The number of hydrogen-bond donors (Lipinski definition) is 0. The van der Waals surface area contributed by atoms with E-state index in [2.05, 4.69) is 0 Å². The predicted molar refractivity (Wildman–Crippen MR) is 62.3 cm³/mol. The van der Waals surface area contributed by atoms with Crippen LogP contribution in [0.1, 0.15) is 39.4 Å². The Kier molecular flexibility index (Phi) is 3.65. The number of hydrogen-bond acceptors (Lipinski definition) is 3. The van der Waals surface area contributed by atoms with Gasteiger partial charge in [0.2, 0.25) is 0 Å². The zero-order valence-electron chi connectivity index (χ0n) is 10.1. The molecule has 0 aliphatic rings. The van der Waals surface area contributed by atoms with E-state index in [9.17, 15) is 10.1 Å². The van der Waals surface area contributed by atoms with Crippen LogP contribution >= 0.6 is 0 Å². The number of nitrogens with zero attached hydrogens (tertiary/aromatic N) is 1. The molecule has 88 valence electrons. The summed E-state index contributed by atoms with van der Waals surface area (Å²) in [6.07, 6.45) is -0.290. The number of nitro benzene ring substituents is 1. The Balaban J connectivity index is 2.99. The van der Waals surface area contributed by atoms with Crippen LogP contribution in [0, 0.1) is 10.1 Å². The summed E-state index contributed by atoms with van der Waals surface area (Å²) < 4.78 is 5.71. The Morgan fingerprint density at radius 2 is 1.88 bits per heavy atom. The van der Waals surface area contributed by atoms with Crippen molar-refractivity contribution < 1.29 is 9.66 Å². The van der Waals surface area contributed by atoms with Crippen LogP contribution in [0.5, 0.6) is 0 Å². The second-order valence-corrected chi connectivity index (χ2v) is 4.69. The van der Waals surface area contributed by atoms with Crippen LogP contribution in [0.4, 0.5) is 5.69 Å². The quantitative estimate of drug-likeness (QED) is 0.582. The molecule has 0 fully saturated rings. The minimum atomic E-state index is -0.377. The van der Waals surface area contributed by atoms with Crippen LogP contribution in [-0.2, 0) is 4.74 Å². The molecule has 0 aromatic heterocycles. The summed E-state index contributed by atoms with van der Waals surface area (Å²) in [6.45, 7) is 7.61. The van der Waals surface area contributed by atoms with Gasteiger partial charge in [-0.25, -0.2) is 0 Å². The smallest absolute Gasteiger partial charge is 0.275 e. The first kappa shape index (κ1) is 12.6. The first-order chi connectivity index (χ1) is 7.31. The van der Waals surface area contributed by atoms with E-state index in [0.29, 0.717) is 5.56 Å². The zero-order valence-corrected chi connectivity index (χ0v) is 10.1. The first-order valence-electron chi connectivity index (χ1n) is 5.22. The second kappa shape index (κ2) is 4.61. The van der Waals surface area contributed by atoms with E-state index in [1.54, 1.807) is 18.2 Å². The molecule has 0 saturated heterocycles. The molecule has 16 heavy (non-hydrogen) atoms. The predicted octanol–water partition coefficient (Wildman–Crippen LogP) is 3.47. The molecule has 1 rings (SSSR count). The number of ether oxygens (including phenoxy) is 1. The van der Waals surface area contributed by atoms with Crippen LogP contribution in [0.15, 0.2) is 24.3 Å². The minimum Gasteiger partial charge on any atom is -0.368 e. The van der Waals surface area contributed by atoms with Crippen LogP contribution in [0.3, 0.4) is 0 Å². The third-order valence-electron chi connectivity index (χ3n) is 2.10. The van der Waals surface area contributed by atoms with Gasteiger partial charge in [-0.15, -0.1) is 0 Å². The van der Waals surface area contributed by atoms with Crippen LogP contribution in [-0.4, -0.2) is 10.5 Å². The Morgan fingerprint density at radius 1 is 1.31 bits per heavy atom. The SMILES string of the molecule is CC(OC(C)(C)C)c1ccccc1[N+](=O)[O-]. The molecule has 4 heteroatoms. The highest BCUT2D eigenvalue weighted by Gasteiger charge is 2.22. The molecule has 0 aliphatic heterocycles. The van der Waals surface area contributed by atoms with Crippen molar-refractivity contribution >= 4 is 5.69 Å². The molecule has 0 spiro atoms. The number of para-hydroxylation sites is 1. The third kappa shape index (κ3) is 3.31. The van der Waals surface area contributed by atoms with E-state index < -0.39 is 0 Å². The van der Waals surface area contributed by atoms with Gasteiger partial charge in [0.25, 0.3) is 5.69 Å². The van der Waals surface area contributed by atoms with Crippen molar-refractivity contribution in [1.82, 2.24) is 0 Å². The van der Waals surface area contributed by atoms with Crippen molar-refractivity contribution in [2.75, 3.05) is 0 Å². The zero-order chi connectivity index (χ0) is 12.3. The molecular formula is C12H17NO3. The lowest BCUT2D eigenvalue weighted by Gasteiger charge is -2.25. The fraction of sp³-hybridized carbons (Fsp3) is 0.500. The lowest BCUT2D eigenvalue weighted by molar-refractivity contribution is -0.386. The van der Waals surface area contributed by atoms with E-state index in [0.717, 1.165) is 0 Å². The monoisotopic (exact) mass is 223 g/mol. The van der Waals surface area contributed by atoms with Gasteiger partial charge in [-0.3, -0.25) is 10.1 Å². The molecule has 0 heterocycles. The molecule has 0 amide bonds. The van der Waals surface area contributed by atoms with Crippen molar-refractivity contribution in [3.63, 3.8) is 0 Å². The average molecular weight is 223 g/mol. The molecule has 1 aromatic carbocycles. The third-order valence-corrected chi connectivity index (χ3v) is 2.10. The van der Waals surface area contributed by atoms with Crippen molar-refractivity contribution in [3.05, 3.63) is 39.9 Å². The Hall–Kier alpha value is -1.42. The van der Waals surface area contributed by atoms with Gasteiger partial charge in [-0.2, -0.15) is 0 Å². The molecule has 0 saturated carbocycles. The number of nitro groups is 1. The molecule has 1 atom stereocenters. The van der Waals surface area contributed by atoms with Crippen molar-refractivity contribution in [2.45, 2.75) is 39.4 Å². The Labute approximate surface area is 95.4 Å². The highest BCUT2D eigenvalue weighted by atomic mass is 16.6. The minimum absolute atomic E-state index is 0.110. The molecular weight excluding hydrogens is 206 g/mol. The van der Waals surface area contributed by atoms with Gasteiger partial charge in [-0.1, -0.05) is 12.1 Å². The van der Waals surface area contributed by atoms with E-state index in [1.807, 2.05) is 27.7 Å². The van der Waals surface area contributed by atoms with Gasteiger partial charge in [0.05, 0.1) is 22.2 Å². The van der Waals surface area contributed by atoms with Gasteiger partial charge in [0.1, 0.15) is 0 Å². The van der Waals surface area contributed by atoms with Crippen molar-refractivity contribution in [3.8, 4) is 0 Å². The van der Waals surface area contributed by atoms with E-state index in [-0.39, 0.29) is 22.3 Å². The molecule has 0 bridgehead atoms. The van der Waals surface area contributed by atoms with E-state index in [4.69, 9.17) is 4.74 Å². The fourth-order valence-corrected chi connectivity index (χ4v) is 1.59. The van der Waals surface area contributed by atoms with Crippen LogP contribution < -0.4 is 0 Å². The topological polar surface area (TPSA) is 52.4 Å². The Morgan fingerprint density at radius 3 is 2.38 bits per heavy atom. The molecule has 1 aromatic rings. The van der Waals surface area contributed by atoms with Crippen LogP contribution in [0.25, 0.3) is 0 Å². The largest absolute Gasteiger partial charge is 0.368 e. The van der Waals surface area contributed by atoms with Gasteiger partial charge >= 0.3 is 0 Å².